The van der Waals surface area contributed by atoms with Gasteiger partial charge in [0.2, 0.25) is 0 Å². The fraction of sp³-hybridized carbons (Fsp3) is 0.278. The van der Waals surface area contributed by atoms with Crippen molar-refractivity contribution in [2.75, 3.05) is 19.7 Å². The van der Waals surface area contributed by atoms with Crippen LogP contribution in [0.5, 0.6) is 0 Å². The van der Waals surface area contributed by atoms with E-state index in [2.05, 4.69) is 0 Å². The van der Waals surface area contributed by atoms with Crippen molar-refractivity contribution in [1.82, 2.24) is 4.90 Å². The predicted molar refractivity (Wildman–Crippen MR) is 84.3 cm³/mol. The van der Waals surface area contributed by atoms with Crippen molar-refractivity contribution >= 4 is 5.91 Å². The van der Waals surface area contributed by atoms with Gasteiger partial charge < -0.3 is 10.0 Å². The summed E-state index contributed by atoms with van der Waals surface area (Å²) >= 11 is 0. The third-order valence-corrected chi connectivity index (χ3v) is 3.58. The van der Waals surface area contributed by atoms with Gasteiger partial charge in [-0.3, -0.25) is 4.79 Å². The van der Waals surface area contributed by atoms with Gasteiger partial charge in [0, 0.05) is 18.7 Å². The van der Waals surface area contributed by atoms with E-state index in [0.29, 0.717) is 24.1 Å². The number of aliphatic hydroxyl groups excluding tert-OH is 1. The molecule has 0 radical (unpaired) electrons. The van der Waals surface area contributed by atoms with E-state index in [0.717, 1.165) is 5.56 Å². The standard InChI is InChI=1S/C18H20FNO2/c1-14-13-16(7-8-17(14)19)18(22)20(11-12-21)10-9-15-5-3-2-4-6-15/h2-8,13,21H,9-12H2,1H3. The topological polar surface area (TPSA) is 40.5 Å². The van der Waals surface area contributed by atoms with Gasteiger partial charge in [0.1, 0.15) is 5.82 Å². The number of halogens is 1. The molecule has 2 aromatic rings. The molecule has 0 aliphatic carbocycles. The lowest BCUT2D eigenvalue weighted by atomic mass is 10.1. The summed E-state index contributed by atoms with van der Waals surface area (Å²) in [5.41, 5.74) is 2.02. The second kappa shape index (κ2) is 7.71. The van der Waals surface area contributed by atoms with Gasteiger partial charge in [0.25, 0.3) is 5.91 Å². The van der Waals surface area contributed by atoms with Crippen LogP contribution in [0.2, 0.25) is 0 Å². The highest BCUT2D eigenvalue weighted by molar-refractivity contribution is 5.94. The van der Waals surface area contributed by atoms with Gasteiger partial charge >= 0.3 is 0 Å². The smallest absolute Gasteiger partial charge is 0.253 e. The van der Waals surface area contributed by atoms with E-state index in [1.807, 2.05) is 30.3 Å². The van der Waals surface area contributed by atoms with Crippen LogP contribution in [0, 0.1) is 12.7 Å². The SMILES string of the molecule is Cc1cc(C(=O)N(CCO)CCc2ccccc2)ccc1F. The molecule has 0 aliphatic heterocycles. The number of rotatable bonds is 6. The molecule has 0 atom stereocenters. The number of nitrogens with zero attached hydrogens (tertiary/aromatic N) is 1. The maximum atomic E-state index is 13.3. The monoisotopic (exact) mass is 301 g/mol. The van der Waals surface area contributed by atoms with E-state index in [-0.39, 0.29) is 24.9 Å². The molecule has 116 valence electrons. The normalized spacial score (nSPS) is 10.5. The second-order valence-corrected chi connectivity index (χ2v) is 5.22. The van der Waals surface area contributed by atoms with Crippen LogP contribution < -0.4 is 0 Å². The zero-order valence-electron chi connectivity index (χ0n) is 12.6. The molecule has 0 heterocycles. The minimum atomic E-state index is -0.324. The van der Waals surface area contributed by atoms with Crippen molar-refractivity contribution in [2.24, 2.45) is 0 Å². The molecule has 0 fully saturated rings. The van der Waals surface area contributed by atoms with Crippen molar-refractivity contribution in [3.8, 4) is 0 Å². The van der Waals surface area contributed by atoms with Gasteiger partial charge in [-0.2, -0.15) is 0 Å². The molecule has 0 saturated heterocycles. The summed E-state index contributed by atoms with van der Waals surface area (Å²) in [7, 11) is 0. The zero-order chi connectivity index (χ0) is 15.9. The largest absolute Gasteiger partial charge is 0.395 e. The predicted octanol–water partition coefficient (Wildman–Crippen LogP) is 2.81. The summed E-state index contributed by atoms with van der Waals surface area (Å²) in [6.07, 6.45) is 0.715. The van der Waals surface area contributed by atoms with E-state index >= 15 is 0 Å². The van der Waals surface area contributed by atoms with Gasteiger partial charge in [-0.15, -0.1) is 0 Å². The molecular weight excluding hydrogens is 281 g/mol. The molecule has 0 unspecified atom stereocenters. The molecule has 0 bridgehead atoms. The molecule has 0 spiro atoms. The van der Waals surface area contributed by atoms with Gasteiger partial charge in [0.15, 0.2) is 0 Å². The van der Waals surface area contributed by atoms with Crippen LogP contribution in [0.25, 0.3) is 0 Å². The summed E-state index contributed by atoms with van der Waals surface area (Å²) < 4.78 is 13.3. The van der Waals surface area contributed by atoms with Crippen LogP contribution in [0.4, 0.5) is 4.39 Å². The van der Waals surface area contributed by atoms with Crippen LogP contribution in [0.1, 0.15) is 21.5 Å². The molecule has 2 rings (SSSR count). The second-order valence-electron chi connectivity index (χ2n) is 5.22. The fourth-order valence-electron chi connectivity index (χ4n) is 2.30. The third kappa shape index (κ3) is 4.15. The van der Waals surface area contributed by atoms with Gasteiger partial charge in [0.05, 0.1) is 6.61 Å². The van der Waals surface area contributed by atoms with Crippen molar-refractivity contribution in [1.29, 1.82) is 0 Å². The molecule has 2 aromatic carbocycles. The molecule has 22 heavy (non-hydrogen) atoms. The van der Waals surface area contributed by atoms with Crippen molar-refractivity contribution in [3.05, 3.63) is 71.0 Å². The Morgan fingerprint density at radius 1 is 1.14 bits per heavy atom. The molecule has 1 amide bonds. The number of amides is 1. The quantitative estimate of drug-likeness (QED) is 0.891. The lowest BCUT2D eigenvalue weighted by molar-refractivity contribution is 0.0724. The summed E-state index contributed by atoms with van der Waals surface area (Å²) in [6.45, 7) is 2.31. The maximum Gasteiger partial charge on any atom is 0.253 e. The first-order valence-corrected chi connectivity index (χ1v) is 7.32. The number of benzene rings is 2. The highest BCUT2D eigenvalue weighted by atomic mass is 19.1. The van der Waals surface area contributed by atoms with Crippen LogP contribution >= 0.6 is 0 Å². The van der Waals surface area contributed by atoms with Crippen molar-refractivity contribution in [2.45, 2.75) is 13.3 Å². The lowest BCUT2D eigenvalue weighted by Gasteiger charge is -2.22. The number of aryl methyl sites for hydroxylation is 1. The van der Waals surface area contributed by atoms with Gasteiger partial charge in [-0.1, -0.05) is 30.3 Å². The Hall–Kier alpha value is -2.20. The van der Waals surface area contributed by atoms with Gasteiger partial charge in [-0.25, -0.2) is 4.39 Å². The van der Waals surface area contributed by atoms with Crippen LogP contribution in [0.3, 0.4) is 0 Å². The Morgan fingerprint density at radius 2 is 1.86 bits per heavy atom. The number of hydrogen-bond acceptors (Lipinski definition) is 2. The maximum absolute atomic E-state index is 13.3. The number of aliphatic hydroxyl groups is 1. The first kappa shape index (κ1) is 16.2. The van der Waals surface area contributed by atoms with Crippen molar-refractivity contribution in [3.63, 3.8) is 0 Å². The van der Waals surface area contributed by atoms with E-state index in [9.17, 15) is 14.3 Å². The molecule has 4 heteroatoms. The van der Waals surface area contributed by atoms with E-state index in [4.69, 9.17) is 0 Å². The van der Waals surface area contributed by atoms with E-state index in [1.165, 1.54) is 12.1 Å². The summed E-state index contributed by atoms with van der Waals surface area (Å²) in [4.78, 5) is 14.1. The van der Waals surface area contributed by atoms with Gasteiger partial charge in [-0.05, 0) is 42.7 Å². The van der Waals surface area contributed by atoms with E-state index in [1.54, 1.807) is 17.9 Å². The Morgan fingerprint density at radius 3 is 2.50 bits per heavy atom. The van der Waals surface area contributed by atoms with Crippen LogP contribution in [0.15, 0.2) is 48.5 Å². The average molecular weight is 301 g/mol. The third-order valence-electron chi connectivity index (χ3n) is 3.58. The molecule has 0 aliphatic rings. The minimum Gasteiger partial charge on any atom is -0.395 e. The van der Waals surface area contributed by atoms with Crippen LogP contribution in [-0.4, -0.2) is 35.6 Å². The van der Waals surface area contributed by atoms with Crippen LogP contribution in [-0.2, 0) is 6.42 Å². The van der Waals surface area contributed by atoms with E-state index < -0.39 is 0 Å². The molecule has 0 saturated carbocycles. The number of carbonyl (C=O) groups is 1. The lowest BCUT2D eigenvalue weighted by Crippen LogP contribution is -2.35. The highest BCUT2D eigenvalue weighted by Crippen LogP contribution is 2.12. The molecule has 1 N–H and O–H groups in total. The molecular formula is C18H20FNO2. The Balaban J connectivity index is 2.09. The molecule has 3 nitrogen and oxygen atoms in total. The first-order valence-electron chi connectivity index (χ1n) is 7.32. The summed E-state index contributed by atoms with van der Waals surface area (Å²) in [5, 5.41) is 9.17. The summed E-state index contributed by atoms with van der Waals surface area (Å²) in [5.74, 6) is -0.511. The number of carbonyl (C=O) groups excluding carboxylic acids is 1. The Bertz CT molecular complexity index is 628. The fourth-order valence-corrected chi connectivity index (χ4v) is 2.30. The Labute approximate surface area is 130 Å². The highest BCUT2D eigenvalue weighted by Gasteiger charge is 2.16. The minimum absolute atomic E-state index is 0.0965. The van der Waals surface area contributed by atoms with Crippen molar-refractivity contribution < 1.29 is 14.3 Å². The zero-order valence-corrected chi connectivity index (χ0v) is 12.6. The summed E-state index contributed by atoms with van der Waals surface area (Å²) in [6, 6.07) is 14.2. The Kier molecular flexibility index (Phi) is 5.67. The molecule has 0 aromatic heterocycles. The average Bonchev–Trinajstić information content (AvgIpc) is 2.54. The number of hydrogen-bond donors (Lipinski definition) is 1. The first-order chi connectivity index (χ1) is 10.6.